The first kappa shape index (κ1) is 13.6. The van der Waals surface area contributed by atoms with Crippen LogP contribution in [-0.4, -0.2) is 18.5 Å². The number of phenolic OH excluding ortho intramolecular Hbond substituents is 1. The van der Waals surface area contributed by atoms with Crippen molar-refractivity contribution in [3.05, 3.63) is 42.1 Å². The molecule has 1 aromatic carbocycles. The second-order valence-electron chi connectivity index (χ2n) is 4.15. The first-order valence-corrected chi connectivity index (χ1v) is 7.10. The molecule has 1 atom stereocenters. The van der Waals surface area contributed by atoms with Gasteiger partial charge < -0.3 is 9.52 Å². The number of hydrogen-bond acceptors (Lipinski definition) is 5. The predicted octanol–water partition coefficient (Wildman–Crippen LogP) is 1.73. The molecule has 0 fully saturated rings. The van der Waals surface area contributed by atoms with Crippen molar-refractivity contribution in [3.8, 4) is 5.75 Å². The SMILES string of the molecule is Cc1cnc(C(C)NS(=O)(=O)c2cccc(O)c2)o1. The van der Waals surface area contributed by atoms with Gasteiger partial charge in [-0.15, -0.1) is 0 Å². The lowest BCUT2D eigenvalue weighted by Gasteiger charge is -2.11. The first-order valence-electron chi connectivity index (χ1n) is 5.62. The minimum atomic E-state index is -3.73. The first-order chi connectivity index (χ1) is 8.88. The highest BCUT2D eigenvalue weighted by Gasteiger charge is 2.21. The molecule has 2 aromatic rings. The third-order valence-corrected chi connectivity index (χ3v) is 4.01. The molecule has 0 spiro atoms. The minimum absolute atomic E-state index is 0.0115. The smallest absolute Gasteiger partial charge is 0.241 e. The van der Waals surface area contributed by atoms with Gasteiger partial charge in [-0.1, -0.05) is 6.07 Å². The van der Waals surface area contributed by atoms with Gasteiger partial charge in [-0.3, -0.25) is 0 Å². The minimum Gasteiger partial charge on any atom is -0.508 e. The quantitative estimate of drug-likeness (QED) is 0.890. The summed E-state index contributed by atoms with van der Waals surface area (Å²) in [6, 6.07) is 4.84. The molecule has 6 nitrogen and oxygen atoms in total. The van der Waals surface area contributed by atoms with E-state index in [-0.39, 0.29) is 10.6 Å². The van der Waals surface area contributed by atoms with Gasteiger partial charge >= 0.3 is 0 Å². The molecule has 0 saturated carbocycles. The molecule has 0 aliphatic heterocycles. The number of phenols is 1. The van der Waals surface area contributed by atoms with Gasteiger partial charge in [0, 0.05) is 0 Å². The van der Waals surface area contributed by atoms with Crippen molar-refractivity contribution in [2.75, 3.05) is 0 Å². The topological polar surface area (TPSA) is 92.4 Å². The number of sulfonamides is 1. The van der Waals surface area contributed by atoms with Gasteiger partial charge in [0.05, 0.1) is 17.1 Å². The van der Waals surface area contributed by atoms with Crippen molar-refractivity contribution in [2.24, 2.45) is 0 Å². The number of nitrogens with one attached hydrogen (secondary N) is 1. The molecule has 19 heavy (non-hydrogen) atoms. The molecule has 2 N–H and O–H groups in total. The molecule has 2 rings (SSSR count). The molecule has 102 valence electrons. The molecule has 1 aromatic heterocycles. The summed E-state index contributed by atoms with van der Waals surface area (Å²) < 4.78 is 31.9. The third-order valence-electron chi connectivity index (χ3n) is 2.47. The normalized spacial score (nSPS) is 13.4. The van der Waals surface area contributed by atoms with Crippen LogP contribution >= 0.6 is 0 Å². The number of nitrogens with zero attached hydrogens (tertiary/aromatic N) is 1. The Kier molecular flexibility index (Phi) is 3.59. The van der Waals surface area contributed by atoms with Crippen molar-refractivity contribution in [2.45, 2.75) is 24.8 Å². The molecule has 0 saturated heterocycles. The van der Waals surface area contributed by atoms with Gasteiger partial charge in [-0.05, 0) is 32.0 Å². The maximum atomic E-state index is 12.1. The Balaban J connectivity index is 2.22. The van der Waals surface area contributed by atoms with Crippen LogP contribution < -0.4 is 4.72 Å². The number of aromatic hydroxyl groups is 1. The lowest BCUT2D eigenvalue weighted by molar-refractivity contribution is 0.427. The number of aryl methyl sites for hydroxylation is 1. The summed E-state index contributed by atoms with van der Waals surface area (Å²) in [5.41, 5.74) is 0. The van der Waals surface area contributed by atoms with Crippen LogP contribution in [0.3, 0.4) is 0 Å². The summed E-state index contributed by atoms with van der Waals surface area (Å²) in [6.07, 6.45) is 1.52. The van der Waals surface area contributed by atoms with Crippen LogP contribution in [0.15, 0.2) is 39.8 Å². The van der Waals surface area contributed by atoms with Crippen molar-refractivity contribution in [1.29, 1.82) is 0 Å². The fraction of sp³-hybridized carbons (Fsp3) is 0.250. The van der Waals surface area contributed by atoms with E-state index < -0.39 is 16.1 Å². The highest BCUT2D eigenvalue weighted by Crippen LogP contribution is 2.19. The van der Waals surface area contributed by atoms with Crippen LogP contribution in [0.25, 0.3) is 0 Å². The highest BCUT2D eigenvalue weighted by atomic mass is 32.2. The van der Waals surface area contributed by atoms with E-state index in [1.807, 2.05) is 0 Å². The van der Waals surface area contributed by atoms with Crippen LogP contribution in [0, 0.1) is 6.92 Å². The largest absolute Gasteiger partial charge is 0.508 e. The monoisotopic (exact) mass is 282 g/mol. The second kappa shape index (κ2) is 5.02. The highest BCUT2D eigenvalue weighted by molar-refractivity contribution is 7.89. The van der Waals surface area contributed by atoms with Gasteiger partial charge in [-0.25, -0.2) is 13.4 Å². The molecule has 0 aliphatic carbocycles. The van der Waals surface area contributed by atoms with E-state index in [0.29, 0.717) is 11.7 Å². The van der Waals surface area contributed by atoms with E-state index in [2.05, 4.69) is 9.71 Å². The Morgan fingerprint density at radius 3 is 2.74 bits per heavy atom. The van der Waals surface area contributed by atoms with Gasteiger partial charge in [0.2, 0.25) is 15.9 Å². The maximum Gasteiger partial charge on any atom is 0.241 e. The average molecular weight is 282 g/mol. The van der Waals surface area contributed by atoms with Crippen molar-refractivity contribution in [3.63, 3.8) is 0 Å². The van der Waals surface area contributed by atoms with E-state index in [1.165, 1.54) is 30.5 Å². The van der Waals surface area contributed by atoms with E-state index in [1.54, 1.807) is 13.8 Å². The molecule has 0 aliphatic rings. The van der Waals surface area contributed by atoms with Crippen LogP contribution in [0.4, 0.5) is 0 Å². The fourth-order valence-electron chi connectivity index (χ4n) is 1.57. The van der Waals surface area contributed by atoms with Crippen LogP contribution in [0.2, 0.25) is 0 Å². The standard InChI is InChI=1S/C12H14N2O4S/c1-8-7-13-12(18-8)9(2)14-19(16,17)11-5-3-4-10(15)6-11/h3-7,9,14-15H,1-2H3. The molecule has 0 amide bonds. The molecular weight excluding hydrogens is 268 g/mol. The summed E-state index contributed by atoms with van der Waals surface area (Å²) in [6.45, 7) is 3.36. The average Bonchev–Trinajstić information content (AvgIpc) is 2.75. The number of aromatic nitrogens is 1. The number of benzene rings is 1. The third kappa shape index (κ3) is 3.12. The Morgan fingerprint density at radius 1 is 1.42 bits per heavy atom. The molecule has 7 heteroatoms. The summed E-state index contributed by atoms with van der Waals surface area (Å²) in [5, 5.41) is 9.31. The van der Waals surface area contributed by atoms with Gasteiger partial charge in [0.1, 0.15) is 11.5 Å². The van der Waals surface area contributed by atoms with E-state index in [0.717, 1.165) is 0 Å². The zero-order valence-electron chi connectivity index (χ0n) is 10.5. The molecule has 1 heterocycles. The lowest BCUT2D eigenvalue weighted by Crippen LogP contribution is -2.27. The van der Waals surface area contributed by atoms with Gasteiger partial charge in [0.15, 0.2) is 0 Å². The molecule has 0 radical (unpaired) electrons. The van der Waals surface area contributed by atoms with E-state index >= 15 is 0 Å². The number of rotatable bonds is 4. The molecule has 0 bridgehead atoms. The number of hydrogen-bond donors (Lipinski definition) is 2. The van der Waals surface area contributed by atoms with Crippen molar-refractivity contribution < 1.29 is 17.9 Å². The summed E-state index contributed by atoms with van der Waals surface area (Å²) in [4.78, 5) is 3.96. The zero-order valence-corrected chi connectivity index (χ0v) is 11.3. The number of oxazole rings is 1. The Hall–Kier alpha value is -1.86. The Labute approximate surface area is 111 Å². The fourth-order valence-corrected chi connectivity index (χ4v) is 2.81. The van der Waals surface area contributed by atoms with Gasteiger partial charge in [0.25, 0.3) is 0 Å². The van der Waals surface area contributed by atoms with Crippen molar-refractivity contribution >= 4 is 10.0 Å². The zero-order chi connectivity index (χ0) is 14.0. The van der Waals surface area contributed by atoms with Gasteiger partial charge in [-0.2, -0.15) is 4.72 Å². The van der Waals surface area contributed by atoms with E-state index in [9.17, 15) is 13.5 Å². The summed E-state index contributed by atoms with van der Waals surface area (Å²) in [5.74, 6) is 0.794. The second-order valence-corrected chi connectivity index (χ2v) is 5.86. The lowest BCUT2D eigenvalue weighted by atomic mass is 10.3. The van der Waals surface area contributed by atoms with Crippen LogP contribution in [0.5, 0.6) is 5.75 Å². The molecule has 1 unspecified atom stereocenters. The Morgan fingerprint density at radius 2 is 2.16 bits per heavy atom. The van der Waals surface area contributed by atoms with Crippen LogP contribution in [0.1, 0.15) is 24.6 Å². The summed E-state index contributed by atoms with van der Waals surface area (Å²) >= 11 is 0. The molecular formula is C12H14N2O4S. The van der Waals surface area contributed by atoms with E-state index in [4.69, 9.17) is 4.42 Å². The van der Waals surface area contributed by atoms with Crippen LogP contribution in [-0.2, 0) is 10.0 Å². The predicted molar refractivity (Wildman–Crippen MR) is 68.1 cm³/mol. The maximum absolute atomic E-state index is 12.1. The summed E-state index contributed by atoms with van der Waals surface area (Å²) in [7, 11) is -3.73. The Bertz CT molecular complexity index is 679. The van der Waals surface area contributed by atoms with Crippen molar-refractivity contribution in [1.82, 2.24) is 9.71 Å².